The zero-order valence-electron chi connectivity index (χ0n) is 15.9. The predicted molar refractivity (Wildman–Crippen MR) is 118 cm³/mol. The molecule has 0 aliphatic carbocycles. The number of hydrogen-bond donors (Lipinski definition) is 1. The molecular weight excluding hydrogens is 440 g/mol. The number of amides is 1. The highest BCUT2D eigenvalue weighted by molar-refractivity contribution is 9.10. The van der Waals surface area contributed by atoms with E-state index in [9.17, 15) is 4.79 Å². The van der Waals surface area contributed by atoms with Crippen LogP contribution < -0.4 is 5.43 Å². The molecule has 0 spiro atoms. The molecule has 0 aromatic heterocycles. The highest BCUT2D eigenvalue weighted by Gasteiger charge is 2.19. The first kappa shape index (κ1) is 21.0. The van der Waals surface area contributed by atoms with Gasteiger partial charge in [-0.1, -0.05) is 51.8 Å². The SMILES string of the molecule is CC(=NNC(=O)CN1CCN(Cc2ccc(Cl)cc2)CC1)c1ccc(Br)cc1. The predicted octanol–water partition coefficient (Wildman–Crippen LogP) is 3.76. The van der Waals surface area contributed by atoms with Crippen molar-refractivity contribution in [1.82, 2.24) is 15.2 Å². The van der Waals surface area contributed by atoms with Crippen LogP contribution in [0, 0.1) is 0 Å². The van der Waals surface area contributed by atoms with Crippen LogP contribution in [0.1, 0.15) is 18.1 Å². The minimum Gasteiger partial charge on any atom is -0.297 e. The Bertz CT molecular complexity index is 815. The third-order valence-corrected chi connectivity index (χ3v) is 5.54. The molecule has 7 heteroatoms. The van der Waals surface area contributed by atoms with Crippen molar-refractivity contribution < 1.29 is 4.79 Å². The van der Waals surface area contributed by atoms with Gasteiger partial charge in [-0.15, -0.1) is 0 Å². The maximum absolute atomic E-state index is 12.2. The zero-order valence-corrected chi connectivity index (χ0v) is 18.2. The molecule has 2 aromatic carbocycles. The molecule has 0 saturated carbocycles. The molecule has 1 N–H and O–H groups in total. The van der Waals surface area contributed by atoms with Gasteiger partial charge in [-0.25, -0.2) is 5.43 Å². The number of carbonyl (C=O) groups excluding carboxylic acids is 1. The molecule has 1 amide bonds. The van der Waals surface area contributed by atoms with Gasteiger partial charge in [0.15, 0.2) is 0 Å². The van der Waals surface area contributed by atoms with Gasteiger partial charge in [0.05, 0.1) is 12.3 Å². The van der Waals surface area contributed by atoms with E-state index in [4.69, 9.17) is 11.6 Å². The lowest BCUT2D eigenvalue weighted by molar-refractivity contribution is -0.122. The fourth-order valence-corrected chi connectivity index (χ4v) is 3.48. The lowest BCUT2D eigenvalue weighted by Crippen LogP contribution is -2.48. The fraction of sp³-hybridized carbons (Fsp3) is 0.333. The number of benzene rings is 2. The molecule has 1 saturated heterocycles. The van der Waals surface area contributed by atoms with Crippen molar-refractivity contribution in [2.75, 3.05) is 32.7 Å². The summed E-state index contributed by atoms with van der Waals surface area (Å²) in [6.45, 7) is 6.79. The number of carbonyl (C=O) groups is 1. The maximum atomic E-state index is 12.2. The van der Waals surface area contributed by atoms with Crippen LogP contribution in [0.2, 0.25) is 5.02 Å². The van der Waals surface area contributed by atoms with Gasteiger partial charge in [0, 0.05) is 42.2 Å². The maximum Gasteiger partial charge on any atom is 0.254 e. The van der Waals surface area contributed by atoms with Crippen LogP contribution in [-0.4, -0.2) is 54.1 Å². The van der Waals surface area contributed by atoms with Gasteiger partial charge in [0.2, 0.25) is 0 Å². The number of hydrazone groups is 1. The minimum absolute atomic E-state index is 0.0809. The first-order valence-corrected chi connectivity index (χ1v) is 10.4. The van der Waals surface area contributed by atoms with E-state index in [1.165, 1.54) is 5.56 Å². The lowest BCUT2D eigenvalue weighted by Gasteiger charge is -2.34. The summed E-state index contributed by atoms with van der Waals surface area (Å²) >= 11 is 9.35. The Balaban J connectivity index is 1.41. The molecule has 1 aliphatic heterocycles. The Morgan fingerprint density at radius 1 is 1.04 bits per heavy atom. The van der Waals surface area contributed by atoms with E-state index in [2.05, 4.69) is 48.4 Å². The van der Waals surface area contributed by atoms with E-state index in [0.717, 1.165) is 53.5 Å². The van der Waals surface area contributed by atoms with E-state index in [1.54, 1.807) is 0 Å². The van der Waals surface area contributed by atoms with Gasteiger partial charge >= 0.3 is 0 Å². The van der Waals surface area contributed by atoms with Crippen LogP contribution in [0.15, 0.2) is 58.1 Å². The van der Waals surface area contributed by atoms with Crippen molar-refractivity contribution in [2.24, 2.45) is 5.10 Å². The molecule has 1 fully saturated rings. The van der Waals surface area contributed by atoms with Gasteiger partial charge in [-0.2, -0.15) is 5.10 Å². The van der Waals surface area contributed by atoms with Crippen molar-refractivity contribution in [2.45, 2.75) is 13.5 Å². The molecule has 28 heavy (non-hydrogen) atoms. The molecular formula is C21H24BrClN4O. The van der Waals surface area contributed by atoms with E-state index in [-0.39, 0.29) is 5.91 Å². The normalized spacial score (nSPS) is 16.2. The summed E-state index contributed by atoms with van der Waals surface area (Å²) in [4.78, 5) is 16.8. The van der Waals surface area contributed by atoms with Crippen LogP contribution in [-0.2, 0) is 11.3 Å². The van der Waals surface area contributed by atoms with Crippen molar-refractivity contribution >= 4 is 39.1 Å². The number of nitrogens with zero attached hydrogens (tertiary/aromatic N) is 3. The number of hydrogen-bond acceptors (Lipinski definition) is 4. The molecule has 2 aromatic rings. The molecule has 3 rings (SSSR count). The minimum atomic E-state index is -0.0809. The highest BCUT2D eigenvalue weighted by atomic mass is 79.9. The second kappa shape index (κ2) is 10.2. The number of nitrogens with one attached hydrogen (secondary N) is 1. The van der Waals surface area contributed by atoms with Crippen LogP contribution in [0.4, 0.5) is 0 Å². The molecule has 0 radical (unpaired) electrons. The van der Waals surface area contributed by atoms with Crippen molar-refractivity contribution in [1.29, 1.82) is 0 Å². The Kier molecular flexibility index (Phi) is 7.62. The summed E-state index contributed by atoms with van der Waals surface area (Å²) < 4.78 is 1.02. The molecule has 0 bridgehead atoms. The largest absolute Gasteiger partial charge is 0.297 e. The second-order valence-corrected chi connectivity index (χ2v) is 8.27. The first-order chi connectivity index (χ1) is 13.5. The lowest BCUT2D eigenvalue weighted by atomic mass is 10.1. The molecule has 0 atom stereocenters. The van der Waals surface area contributed by atoms with E-state index < -0.39 is 0 Å². The monoisotopic (exact) mass is 462 g/mol. The molecule has 0 unspecified atom stereocenters. The summed E-state index contributed by atoms with van der Waals surface area (Å²) in [5, 5.41) is 4.98. The van der Waals surface area contributed by atoms with Gasteiger partial charge in [-0.05, 0) is 42.3 Å². The Hall–Kier alpha value is -1.73. The van der Waals surface area contributed by atoms with Crippen molar-refractivity contribution in [3.05, 3.63) is 69.2 Å². The fourth-order valence-electron chi connectivity index (χ4n) is 3.09. The second-order valence-electron chi connectivity index (χ2n) is 6.92. The number of rotatable bonds is 6. The summed E-state index contributed by atoms with van der Waals surface area (Å²) in [6.07, 6.45) is 0. The highest BCUT2D eigenvalue weighted by Crippen LogP contribution is 2.13. The summed E-state index contributed by atoms with van der Waals surface area (Å²) in [5.74, 6) is -0.0809. The average molecular weight is 464 g/mol. The quantitative estimate of drug-likeness (QED) is 0.524. The van der Waals surface area contributed by atoms with E-state index >= 15 is 0 Å². The Labute approximate surface area is 179 Å². The third-order valence-electron chi connectivity index (χ3n) is 4.76. The zero-order chi connectivity index (χ0) is 19.9. The number of halogens is 2. The van der Waals surface area contributed by atoms with Crippen molar-refractivity contribution in [3.8, 4) is 0 Å². The standard InChI is InChI=1S/C21H24BrClN4O/c1-16(18-4-6-19(22)7-5-18)24-25-21(28)15-27-12-10-26(11-13-27)14-17-2-8-20(23)9-3-17/h2-9H,10-15H2,1H3,(H,25,28). The van der Waals surface area contributed by atoms with E-state index in [0.29, 0.717) is 6.54 Å². The molecule has 148 valence electrons. The number of piperazine rings is 1. The van der Waals surface area contributed by atoms with Gasteiger partial charge in [0.25, 0.3) is 5.91 Å². The topological polar surface area (TPSA) is 47.9 Å². The smallest absolute Gasteiger partial charge is 0.254 e. The first-order valence-electron chi connectivity index (χ1n) is 9.28. The van der Waals surface area contributed by atoms with Gasteiger partial charge in [0.1, 0.15) is 0 Å². The Morgan fingerprint density at radius 3 is 2.29 bits per heavy atom. The van der Waals surface area contributed by atoms with E-state index in [1.807, 2.05) is 43.3 Å². The summed E-state index contributed by atoms with van der Waals surface area (Å²) in [6, 6.07) is 15.8. The molecule has 5 nitrogen and oxygen atoms in total. The van der Waals surface area contributed by atoms with Gasteiger partial charge < -0.3 is 0 Å². The van der Waals surface area contributed by atoms with Crippen LogP contribution in [0.3, 0.4) is 0 Å². The molecule has 1 aliphatic rings. The third kappa shape index (κ3) is 6.41. The van der Waals surface area contributed by atoms with Crippen LogP contribution in [0.25, 0.3) is 0 Å². The molecule has 1 heterocycles. The van der Waals surface area contributed by atoms with Gasteiger partial charge in [-0.3, -0.25) is 14.6 Å². The summed E-state index contributed by atoms with van der Waals surface area (Å²) in [5.41, 5.74) is 5.70. The van der Waals surface area contributed by atoms with Crippen LogP contribution >= 0.6 is 27.5 Å². The Morgan fingerprint density at radius 2 is 1.64 bits per heavy atom. The van der Waals surface area contributed by atoms with Crippen molar-refractivity contribution in [3.63, 3.8) is 0 Å². The van der Waals surface area contributed by atoms with Crippen LogP contribution in [0.5, 0.6) is 0 Å². The average Bonchev–Trinajstić information content (AvgIpc) is 2.70. The summed E-state index contributed by atoms with van der Waals surface area (Å²) in [7, 11) is 0.